The van der Waals surface area contributed by atoms with Crippen molar-refractivity contribution >= 4 is 18.2 Å². The van der Waals surface area contributed by atoms with Gasteiger partial charge in [0, 0.05) is 18.6 Å². The van der Waals surface area contributed by atoms with E-state index in [-0.39, 0.29) is 55.6 Å². The fraction of sp³-hybridized carbons (Fsp3) is 1.00. The molecule has 0 radical (unpaired) electrons. The van der Waals surface area contributed by atoms with Crippen LogP contribution in [0.15, 0.2) is 0 Å². The second-order valence-electron chi connectivity index (χ2n) is 8.53. The molecular weight excluding hydrogens is 419 g/mol. The predicted molar refractivity (Wildman–Crippen MR) is 110 cm³/mol. The number of aliphatic hydroxyl groups is 1. The first-order valence-electron chi connectivity index (χ1n) is 10.3. The minimum absolute atomic E-state index is 0.0237. The molecule has 8 nitrogen and oxygen atoms in total. The van der Waals surface area contributed by atoms with E-state index in [1.807, 2.05) is 41.5 Å². The number of hydrogen-bond acceptors (Lipinski definition) is 9. The average Bonchev–Trinajstić information content (AvgIpc) is 3.09. The molecule has 0 bridgehead atoms. The third kappa shape index (κ3) is 7.44. The maximum Gasteiger partial charge on any atom is 0.192 e. The average molecular weight is 456 g/mol. The summed E-state index contributed by atoms with van der Waals surface area (Å²) < 4.78 is 41.4. The van der Waals surface area contributed by atoms with E-state index in [9.17, 15) is 14.6 Å². The molecule has 2 rings (SSSR count). The second kappa shape index (κ2) is 10.7. The van der Waals surface area contributed by atoms with E-state index < -0.39 is 18.5 Å². The lowest BCUT2D eigenvalue weighted by molar-refractivity contribution is -0.205. The standard InChI is InChI=1S/C19H37O8PS/c1-12(2)23-11-19(10-20)18(8-15(6)26-19)27-28(21,22)29-9-17-16(24-13(3)4)7-14(5)25-17/h12-18,20H,7-11H2,1-6H3,(H,21,22)/p-1. The number of hydrogen-bond donors (Lipinski definition) is 1. The van der Waals surface area contributed by atoms with Crippen LogP contribution in [0.2, 0.25) is 0 Å². The maximum absolute atomic E-state index is 12.7. The first kappa shape index (κ1) is 25.6. The highest BCUT2D eigenvalue weighted by atomic mass is 32.7. The first-order chi connectivity index (χ1) is 13.5. The number of ether oxygens (including phenoxy) is 4. The van der Waals surface area contributed by atoms with Crippen molar-refractivity contribution in [2.24, 2.45) is 0 Å². The van der Waals surface area contributed by atoms with Gasteiger partial charge in [0.1, 0.15) is 11.7 Å². The van der Waals surface area contributed by atoms with E-state index in [1.165, 1.54) is 0 Å². The van der Waals surface area contributed by atoms with Crippen LogP contribution in [0.3, 0.4) is 0 Å². The fourth-order valence-electron chi connectivity index (χ4n) is 3.71. The van der Waals surface area contributed by atoms with Gasteiger partial charge in [-0.25, -0.2) is 0 Å². The van der Waals surface area contributed by atoms with Crippen LogP contribution in [-0.4, -0.2) is 72.4 Å². The van der Waals surface area contributed by atoms with Crippen molar-refractivity contribution in [1.82, 2.24) is 0 Å². The summed E-state index contributed by atoms with van der Waals surface area (Å²) in [5, 5.41) is 9.94. The molecule has 2 aliphatic rings. The molecular formula is C19H36O8PS-. The van der Waals surface area contributed by atoms with Crippen molar-refractivity contribution in [2.45, 2.75) is 103 Å². The molecule has 2 aliphatic heterocycles. The molecule has 2 heterocycles. The monoisotopic (exact) mass is 455 g/mol. The van der Waals surface area contributed by atoms with E-state index in [2.05, 4.69) is 0 Å². The zero-order valence-electron chi connectivity index (χ0n) is 18.2. The Bertz CT molecular complexity index is 562. The van der Waals surface area contributed by atoms with Gasteiger partial charge in [0.05, 0.1) is 49.8 Å². The highest BCUT2D eigenvalue weighted by molar-refractivity contribution is 8.54. The molecule has 0 aliphatic carbocycles. The van der Waals surface area contributed by atoms with Gasteiger partial charge in [-0.2, -0.15) is 0 Å². The Balaban J connectivity index is 1.98. The Morgan fingerprint density at radius 1 is 1.21 bits per heavy atom. The molecule has 2 fully saturated rings. The van der Waals surface area contributed by atoms with Gasteiger partial charge >= 0.3 is 0 Å². The predicted octanol–water partition coefficient (Wildman–Crippen LogP) is 2.51. The van der Waals surface area contributed by atoms with Crippen molar-refractivity contribution in [3.8, 4) is 0 Å². The molecule has 7 unspecified atom stereocenters. The van der Waals surface area contributed by atoms with Gasteiger partial charge in [0.2, 0.25) is 0 Å². The van der Waals surface area contributed by atoms with Crippen molar-refractivity contribution in [3.63, 3.8) is 0 Å². The summed E-state index contributed by atoms with van der Waals surface area (Å²) in [5.41, 5.74) is -1.19. The lowest BCUT2D eigenvalue weighted by atomic mass is 9.98. The molecule has 0 saturated carbocycles. The fourth-order valence-corrected chi connectivity index (χ4v) is 6.47. The highest BCUT2D eigenvalue weighted by Gasteiger charge is 2.50. The van der Waals surface area contributed by atoms with Crippen molar-refractivity contribution in [2.75, 3.05) is 19.0 Å². The van der Waals surface area contributed by atoms with Crippen LogP contribution in [-0.2, 0) is 28.0 Å². The second-order valence-corrected chi connectivity index (χ2v) is 12.3. The minimum Gasteiger partial charge on any atom is -0.770 e. The van der Waals surface area contributed by atoms with Crippen molar-refractivity contribution in [1.29, 1.82) is 0 Å². The Morgan fingerprint density at radius 2 is 1.90 bits per heavy atom. The number of rotatable bonds is 11. The summed E-state index contributed by atoms with van der Waals surface area (Å²) >= 11 is 0.727. The quantitative estimate of drug-likeness (QED) is 0.470. The van der Waals surface area contributed by atoms with E-state index in [0.717, 1.165) is 17.8 Å². The summed E-state index contributed by atoms with van der Waals surface area (Å²) in [5.74, 6) is 0.222. The molecule has 0 aromatic rings. The lowest BCUT2D eigenvalue weighted by Gasteiger charge is -2.36. The van der Waals surface area contributed by atoms with E-state index >= 15 is 0 Å². The van der Waals surface area contributed by atoms with E-state index in [4.69, 9.17) is 23.5 Å². The van der Waals surface area contributed by atoms with Gasteiger partial charge in [0.15, 0.2) is 6.80 Å². The van der Waals surface area contributed by atoms with Gasteiger partial charge in [0.25, 0.3) is 0 Å². The third-order valence-corrected chi connectivity index (χ3v) is 7.94. The Labute approximate surface area is 178 Å². The molecule has 172 valence electrons. The molecule has 29 heavy (non-hydrogen) atoms. The largest absolute Gasteiger partial charge is 0.770 e. The smallest absolute Gasteiger partial charge is 0.192 e. The topological polar surface area (TPSA) is 107 Å². The summed E-state index contributed by atoms with van der Waals surface area (Å²) in [4.78, 5) is 12.7. The molecule has 10 heteroatoms. The zero-order chi connectivity index (χ0) is 21.8. The van der Waals surface area contributed by atoms with Crippen LogP contribution in [0.1, 0.15) is 54.4 Å². The Morgan fingerprint density at radius 3 is 2.48 bits per heavy atom. The van der Waals surface area contributed by atoms with E-state index in [1.54, 1.807) is 0 Å². The molecule has 0 spiro atoms. The number of aliphatic hydroxyl groups excluding tert-OH is 1. The van der Waals surface area contributed by atoms with Gasteiger partial charge in [-0.15, -0.1) is 0 Å². The van der Waals surface area contributed by atoms with Crippen LogP contribution in [0.4, 0.5) is 0 Å². The van der Waals surface area contributed by atoms with Crippen LogP contribution in [0.25, 0.3) is 0 Å². The van der Waals surface area contributed by atoms with Gasteiger partial charge in [-0.3, -0.25) is 4.57 Å². The third-order valence-electron chi connectivity index (χ3n) is 4.98. The Kier molecular flexibility index (Phi) is 9.47. The van der Waals surface area contributed by atoms with Gasteiger partial charge in [-0.1, -0.05) is 11.4 Å². The van der Waals surface area contributed by atoms with Crippen LogP contribution >= 0.6 is 18.2 Å². The maximum atomic E-state index is 12.7. The first-order valence-corrected chi connectivity index (χ1v) is 13.4. The van der Waals surface area contributed by atoms with Gasteiger partial charge in [-0.05, 0) is 41.5 Å². The molecule has 0 amide bonds. The zero-order valence-corrected chi connectivity index (χ0v) is 19.9. The normalized spacial score (nSPS) is 37.5. The van der Waals surface area contributed by atoms with Gasteiger partial charge < -0.3 is 33.5 Å². The SMILES string of the molecule is CC(C)OCC1(CO)OC(C)CC1OP(=O)([O-])SCC1OC(C)CC1OC(C)C. The summed E-state index contributed by atoms with van der Waals surface area (Å²) in [6.07, 6.45) is -0.398. The minimum atomic E-state index is -4.26. The molecule has 0 aromatic heterocycles. The highest BCUT2D eigenvalue weighted by Crippen LogP contribution is 2.56. The summed E-state index contributed by atoms with van der Waals surface area (Å²) in [6, 6.07) is 0. The molecule has 0 aromatic carbocycles. The van der Waals surface area contributed by atoms with Crippen molar-refractivity contribution < 1.29 is 38.0 Å². The summed E-state index contributed by atoms with van der Waals surface area (Å²) in [6.45, 7) is 6.84. The Hall–Kier alpha value is 0.300. The molecule has 7 atom stereocenters. The molecule has 1 N–H and O–H groups in total. The van der Waals surface area contributed by atoms with E-state index in [0.29, 0.717) is 6.42 Å². The summed E-state index contributed by atoms with van der Waals surface area (Å²) in [7, 11) is 0. The van der Waals surface area contributed by atoms with Crippen LogP contribution < -0.4 is 4.89 Å². The molecule has 2 saturated heterocycles. The lowest BCUT2D eigenvalue weighted by Crippen LogP contribution is -2.49. The van der Waals surface area contributed by atoms with Crippen LogP contribution in [0.5, 0.6) is 0 Å². The van der Waals surface area contributed by atoms with Crippen molar-refractivity contribution in [3.05, 3.63) is 0 Å². The van der Waals surface area contributed by atoms with Crippen LogP contribution in [0, 0.1) is 0 Å².